The van der Waals surface area contributed by atoms with Crippen molar-refractivity contribution in [3.8, 4) is 0 Å². The van der Waals surface area contributed by atoms with Crippen LogP contribution in [0.2, 0.25) is 0 Å². The van der Waals surface area contributed by atoms with E-state index in [0.29, 0.717) is 0 Å². The van der Waals surface area contributed by atoms with Crippen LogP contribution in [0.4, 0.5) is 0 Å². The first-order chi connectivity index (χ1) is 5.11. The third-order valence-corrected chi connectivity index (χ3v) is 2.75. The molecule has 0 spiro atoms. The molecule has 1 aliphatic carbocycles. The molecule has 64 valence electrons. The SMILES string of the molecule is C=C1C[C@H](C(C)C)CC[C@H]1O. The van der Waals surface area contributed by atoms with E-state index in [1.807, 2.05) is 0 Å². The molecule has 1 saturated carbocycles. The van der Waals surface area contributed by atoms with Crippen LogP contribution < -0.4 is 0 Å². The summed E-state index contributed by atoms with van der Waals surface area (Å²) in [4.78, 5) is 0. The van der Waals surface area contributed by atoms with Gasteiger partial charge < -0.3 is 5.11 Å². The summed E-state index contributed by atoms with van der Waals surface area (Å²) in [7, 11) is 0. The molecule has 2 atom stereocenters. The lowest BCUT2D eigenvalue weighted by molar-refractivity contribution is 0.147. The fourth-order valence-electron chi connectivity index (χ4n) is 1.72. The van der Waals surface area contributed by atoms with Crippen molar-refractivity contribution in [1.82, 2.24) is 0 Å². The zero-order valence-electron chi connectivity index (χ0n) is 7.51. The summed E-state index contributed by atoms with van der Waals surface area (Å²) in [5, 5.41) is 9.38. The molecule has 1 nitrogen and oxygen atoms in total. The molecule has 0 bridgehead atoms. The molecule has 0 unspecified atom stereocenters. The average Bonchev–Trinajstić information content (AvgIpc) is 1.94. The Kier molecular flexibility index (Phi) is 2.72. The smallest absolute Gasteiger partial charge is 0.0747 e. The van der Waals surface area contributed by atoms with Gasteiger partial charge in [-0.15, -0.1) is 0 Å². The molecule has 1 aliphatic rings. The van der Waals surface area contributed by atoms with E-state index in [-0.39, 0.29) is 6.10 Å². The van der Waals surface area contributed by atoms with Gasteiger partial charge >= 0.3 is 0 Å². The predicted molar refractivity (Wildman–Crippen MR) is 47.3 cm³/mol. The number of rotatable bonds is 1. The topological polar surface area (TPSA) is 20.2 Å². The molecular formula is C10H18O. The minimum Gasteiger partial charge on any atom is -0.389 e. The molecule has 1 rings (SSSR count). The van der Waals surface area contributed by atoms with Crippen LogP contribution in [-0.4, -0.2) is 11.2 Å². The zero-order chi connectivity index (χ0) is 8.43. The maximum absolute atomic E-state index is 9.38. The highest BCUT2D eigenvalue weighted by molar-refractivity contribution is 5.06. The minimum absolute atomic E-state index is 0.218. The highest BCUT2D eigenvalue weighted by Crippen LogP contribution is 2.32. The molecule has 11 heavy (non-hydrogen) atoms. The molecule has 0 saturated heterocycles. The number of aliphatic hydroxyl groups is 1. The molecule has 0 radical (unpaired) electrons. The fourth-order valence-corrected chi connectivity index (χ4v) is 1.72. The molecule has 1 N–H and O–H groups in total. The molecule has 0 aromatic rings. The van der Waals surface area contributed by atoms with Crippen molar-refractivity contribution in [2.45, 2.75) is 39.2 Å². The first-order valence-electron chi connectivity index (χ1n) is 4.47. The monoisotopic (exact) mass is 154 g/mol. The van der Waals surface area contributed by atoms with Gasteiger partial charge in [-0.1, -0.05) is 20.4 Å². The van der Waals surface area contributed by atoms with Crippen molar-refractivity contribution in [3.05, 3.63) is 12.2 Å². The van der Waals surface area contributed by atoms with Crippen LogP contribution in [0, 0.1) is 11.8 Å². The Morgan fingerprint density at radius 2 is 2.09 bits per heavy atom. The summed E-state index contributed by atoms with van der Waals surface area (Å²) in [6.07, 6.45) is 2.89. The van der Waals surface area contributed by atoms with Gasteiger partial charge in [0.2, 0.25) is 0 Å². The molecule has 0 aromatic heterocycles. The van der Waals surface area contributed by atoms with Crippen LogP contribution in [0.15, 0.2) is 12.2 Å². The summed E-state index contributed by atoms with van der Waals surface area (Å²) in [5.41, 5.74) is 1.04. The van der Waals surface area contributed by atoms with Gasteiger partial charge in [-0.2, -0.15) is 0 Å². The van der Waals surface area contributed by atoms with Crippen LogP contribution in [0.1, 0.15) is 33.1 Å². The second-order valence-corrected chi connectivity index (χ2v) is 3.96. The largest absolute Gasteiger partial charge is 0.389 e. The highest BCUT2D eigenvalue weighted by Gasteiger charge is 2.24. The van der Waals surface area contributed by atoms with E-state index in [4.69, 9.17) is 0 Å². The van der Waals surface area contributed by atoms with E-state index < -0.39 is 0 Å². The maximum Gasteiger partial charge on any atom is 0.0747 e. The molecule has 0 aliphatic heterocycles. The van der Waals surface area contributed by atoms with Gasteiger partial charge in [0.15, 0.2) is 0 Å². The lowest BCUT2D eigenvalue weighted by Gasteiger charge is -2.30. The lowest BCUT2D eigenvalue weighted by Crippen LogP contribution is -2.23. The van der Waals surface area contributed by atoms with E-state index >= 15 is 0 Å². The van der Waals surface area contributed by atoms with Gasteiger partial charge in [-0.3, -0.25) is 0 Å². The molecular weight excluding hydrogens is 136 g/mol. The first kappa shape index (κ1) is 8.79. The summed E-state index contributed by atoms with van der Waals surface area (Å²) < 4.78 is 0. The Labute approximate surface area is 69.1 Å². The number of hydrogen-bond donors (Lipinski definition) is 1. The van der Waals surface area contributed by atoms with Crippen LogP contribution in [0.25, 0.3) is 0 Å². The van der Waals surface area contributed by atoms with Gasteiger partial charge in [-0.25, -0.2) is 0 Å². The quantitative estimate of drug-likeness (QED) is 0.575. The third kappa shape index (κ3) is 2.06. The fraction of sp³-hybridized carbons (Fsp3) is 0.800. The van der Waals surface area contributed by atoms with Crippen LogP contribution in [0.5, 0.6) is 0 Å². The molecule has 1 fully saturated rings. The normalized spacial score (nSPS) is 32.9. The number of hydrogen-bond acceptors (Lipinski definition) is 1. The van der Waals surface area contributed by atoms with Crippen LogP contribution >= 0.6 is 0 Å². The summed E-state index contributed by atoms with van der Waals surface area (Å²) in [6, 6.07) is 0. The van der Waals surface area contributed by atoms with E-state index in [1.165, 1.54) is 0 Å². The van der Waals surface area contributed by atoms with Gasteiger partial charge in [-0.05, 0) is 36.7 Å². The van der Waals surface area contributed by atoms with Crippen LogP contribution in [-0.2, 0) is 0 Å². The molecule has 0 aromatic carbocycles. The second-order valence-electron chi connectivity index (χ2n) is 3.96. The Balaban J connectivity index is 2.46. The van der Waals surface area contributed by atoms with Gasteiger partial charge in [0.05, 0.1) is 6.10 Å². The summed E-state index contributed by atoms with van der Waals surface area (Å²) >= 11 is 0. The van der Waals surface area contributed by atoms with Crippen molar-refractivity contribution in [2.75, 3.05) is 0 Å². The molecule has 0 heterocycles. The summed E-state index contributed by atoms with van der Waals surface area (Å²) in [6.45, 7) is 8.37. The van der Waals surface area contributed by atoms with Crippen molar-refractivity contribution < 1.29 is 5.11 Å². The second kappa shape index (κ2) is 3.40. The van der Waals surface area contributed by atoms with Gasteiger partial charge in [0.25, 0.3) is 0 Å². The maximum atomic E-state index is 9.38. The lowest BCUT2D eigenvalue weighted by atomic mass is 9.78. The van der Waals surface area contributed by atoms with E-state index in [1.54, 1.807) is 0 Å². The van der Waals surface area contributed by atoms with Crippen LogP contribution in [0.3, 0.4) is 0 Å². The Morgan fingerprint density at radius 3 is 2.55 bits per heavy atom. The Morgan fingerprint density at radius 1 is 1.45 bits per heavy atom. The van der Waals surface area contributed by atoms with E-state index in [0.717, 1.165) is 36.7 Å². The zero-order valence-corrected chi connectivity index (χ0v) is 7.51. The minimum atomic E-state index is -0.218. The van der Waals surface area contributed by atoms with Gasteiger partial charge in [0.1, 0.15) is 0 Å². The Hall–Kier alpha value is -0.300. The van der Waals surface area contributed by atoms with E-state index in [9.17, 15) is 5.11 Å². The predicted octanol–water partition coefficient (Wildman–Crippen LogP) is 2.36. The first-order valence-corrected chi connectivity index (χ1v) is 4.47. The standard InChI is InChI=1S/C10H18O/c1-7(2)9-4-5-10(11)8(3)6-9/h7,9-11H,3-6H2,1-2H3/t9-,10-/m1/s1. The molecule has 1 heteroatoms. The van der Waals surface area contributed by atoms with Crippen molar-refractivity contribution in [1.29, 1.82) is 0 Å². The third-order valence-electron chi connectivity index (χ3n) is 2.75. The van der Waals surface area contributed by atoms with Gasteiger partial charge in [0, 0.05) is 0 Å². The summed E-state index contributed by atoms with van der Waals surface area (Å²) in [5.74, 6) is 1.49. The number of aliphatic hydroxyl groups excluding tert-OH is 1. The van der Waals surface area contributed by atoms with Crippen molar-refractivity contribution >= 4 is 0 Å². The average molecular weight is 154 g/mol. The highest BCUT2D eigenvalue weighted by atomic mass is 16.3. The van der Waals surface area contributed by atoms with Crippen molar-refractivity contribution in [2.24, 2.45) is 11.8 Å². The molecule has 0 amide bonds. The van der Waals surface area contributed by atoms with E-state index in [2.05, 4.69) is 20.4 Å². The van der Waals surface area contributed by atoms with Crippen molar-refractivity contribution in [3.63, 3.8) is 0 Å². The Bertz CT molecular complexity index is 149.